The van der Waals surface area contributed by atoms with Crippen molar-refractivity contribution in [3.63, 3.8) is 0 Å². The molecule has 8 nitrogen and oxygen atoms in total. The minimum absolute atomic E-state index is 0.0666. The fourth-order valence-electron chi connectivity index (χ4n) is 3.73. The maximum absolute atomic E-state index is 13.9. The van der Waals surface area contributed by atoms with Crippen LogP contribution in [0.3, 0.4) is 0 Å². The number of carbonyl (C=O) groups is 1. The van der Waals surface area contributed by atoms with E-state index in [1.165, 1.54) is 30.6 Å². The molecule has 37 heavy (non-hydrogen) atoms. The van der Waals surface area contributed by atoms with Gasteiger partial charge in [-0.25, -0.2) is 13.4 Å². The van der Waals surface area contributed by atoms with Crippen LogP contribution in [-0.2, 0) is 10.0 Å². The Morgan fingerprint density at radius 2 is 1.68 bits per heavy atom. The number of hydrogen-bond acceptors (Lipinski definition) is 7. The quantitative estimate of drug-likeness (QED) is 0.325. The molecular weight excluding hydrogens is 508 g/mol. The van der Waals surface area contributed by atoms with E-state index in [-0.39, 0.29) is 22.1 Å². The average Bonchev–Trinajstić information content (AvgIpc) is 3.26. The van der Waals surface area contributed by atoms with Crippen LogP contribution in [0.5, 0.6) is 5.75 Å². The number of sulfonamides is 1. The molecule has 0 aliphatic carbocycles. The van der Waals surface area contributed by atoms with Crippen LogP contribution in [0.4, 0.5) is 10.8 Å². The summed E-state index contributed by atoms with van der Waals surface area (Å²) in [7, 11) is 1.45. The Morgan fingerprint density at radius 3 is 2.35 bits per heavy atom. The largest absolute Gasteiger partial charge is 0.497 e. The molecule has 1 amide bonds. The number of amides is 1. The molecule has 0 saturated heterocycles. The third kappa shape index (κ3) is 5.93. The summed E-state index contributed by atoms with van der Waals surface area (Å²) in [6.45, 7) is 5.09. The molecule has 0 radical (unpaired) electrons. The number of likely N-dealkylation sites (N-methyl/N-ethyl adjacent to an activating group) is 1. The third-order valence-electron chi connectivity index (χ3n) is 6.01. The number of carbonyl (C=O) groups excluding carboxylic acids is 1. The van der Waals surface area contributed by atoms with Crippen LogP contribution in [0.2, 0.25) is 0 Å². The molecule has 1 N–H and O–H groups in total. The molecule has 10 heteroatoms. The van der Waals surface area contributed by atoms with Crippen molar-refractivity contribution in [1.82, 2.24) is 9.88 Å². The van der Waals surface area contributed by atoms with Gasteiger partial charge >= 0.3 is 0 Å². The summed E-state index contributed by atoms with van der Waals surface area (Å²) in [6.07, 6.45) is 0. The van der Waals surface area contributed by atoms with Crippen molar-refractivity contribution in [2.75, 3.05) is 43.9 Å². The van der Waals surface area contributed by atoms with Crippen LogP contribution < -0.4 is 14.4 Å². The van der Waals surface area contributed by atoms with Crippen molar-refractivity contribution in [3.05, 3.63) is 77.4 Å². The van der Waals surface area contributed by atoms with Gasteiger partial charge in [0, 0.05) is 13.1 Å². The standard InChI is InChI=1S/C27H30N4O4S2/c1-18-16-24-25(17-19(18)2)36-27(28-24)31(15-14-30(3)4)26(32)22-8-6-7-9-23(22)29-37(33,34)21-12-10-20(35-5)11-13-21/h6-13,16-17,29H,14-15H2,1-5H3. The summed E-state index contributed by atoms with van der Waals surface area (Å²) in [5.74, 6) is 0.217. The summed E-state index contributed by atoms with van der Waals surface area (Å²) in [5, 5.41) is 0.569. The lowest BCUT2D eigenvalue weighted by molar-refractivity contribution is 0.0986. The van der Waals surface area contributed by atoms with Gasteiger partial charge in [0.2, 0.25) is 0 Å². The first-order chi connectivity index (χ1) is 17.6. The predicted molar refractivity (Wildman–Crippen MR) is 150 cm³/mol. The minimum atomic E-state index is -3.94. The molecule has 0 aliphatic rings. The molecule has 4 rings (SSSR count). The molecule has 0 atom stereocenters. The Labute approximate surface area is 221 Å². The third-order valence-corrected chi connectivity index (χ3v) is 8.43. The number of ether oxygens (including phenoxy) is 1. The van der Waals surface area contributed by atoms with Gasteiger partial charge in [0.05, 0.1) is 33.5 Å². The molecule has 0 spiro atoms. The van der Waals surface area contributed by atoms with Crippen molar-refractivity contribution in [1.29, 1.82) is 0 Å². The molecular formula is C27H30N4O4S2. The number of nitrogens with one attached hydrogen (secondary N) is 1. The first kappa shape index (κ1) is 26.6. The zero-order valence-electron chi connectivity index (χ0n) is 21.5. The Balaban J connectivity index is 1.71. The normalized spacial score (nSPS) is 11.6. The summed E-state index contributed by atoms with van der Waals surface area (Å²) in [4.78, 5) is 22.4. The summed E-state index contributed by atoms with van der Waals surface area (Å²) >= 11 is 1.45. The Bertz CT molecular complexity index is 1490. The van der Waals surface area contributed by atoms with Gasteiger partial charge in [0.25, 0.3) is 15.9 Å². The van der Waals surface area contributed by atoms with E-state index in [9.17, 15) is 13.2 Å². The van der Waals surface area contributed by atoms with E-state index in [1.807, 2.05) is 38.9 Å². The number of para-hydroxylation sites is 1. The van der Waals surface area contributed by atoms with Crippen LogP contribution >= 0.6 is 11.3 Å². The SMILES string of the molecule is COc1ccc(S(=O)(=O)Nc2ccccc2C(=O)N(CCN(C)C)c2nc3cc(C)c(C)cc3s2)cc1. The van der Waals surface area contributed by atoms with Gasteiger partial charge in [-0.05, 0) is 87.6 Å². The Hall–Kier alpha value is -3.47. The minimum Gasteiger partial charge on any atom is -0.497 e. The molecule has 0 bridgehead atoms. The fraction of sp³-hybridized carbons (Fsp3) is 0.259. The first-order valence-corrected chi connectivity index (χ1v) is 14.0. The number of benzene rings is 3. The second-order valence-electron chi connectivity index (χ2n) is 8.99. The van der Waals surface area contributed by atoms with Gasteiger partial charge in [-0.3, -0.25) is 14.4 Å². The van der Waals surface area contributed by atoms with Crippen molar-refractivity contribution in [3.8, 4) is 5.75 Å². The molecule has 4 aromatic rings. The lowest BCUT2D eigenvalue weighted by atomic mass is 10.1. The van der Waals surface area contributed by atoms with Crippen molar-refractivity contribution < 1.29 is 17.9 Å². The van der Waals surface area contributed by atoms with Crippen molar-refractivity contribution >= 4 is 48.3 Å². The Kier molecular flexibility index (Phi) is 7.82. The van der Waals surface area contributed by atoms with E-state index in [2.05, 4.69) is 10.8 Å². The number of thiazole rings is 1. The molecule has 3 aromatic carbocycles. The van der Waals surface area contributed by atoms with Crippen molar-refractivity contribution in [2.24, 2.45) is 0 Å². The number of aromatic nitrogens is 1. The van der Waals surface area contributed by atoms with Crippen molar-refractivity contribution in [2.45, 2.75) is 18.7 Å². The van der Waals surface area contributed by atoms with E-state index < -0.39 is 10.0 Å². The zero-order chi connectivity index (χ0) is 26.7. The highest BCUT2D eigenvalue weighted by Gasteiger charge is 2.25. The molecule has 1 heterocycles. The molecule has 0 saturated carbocycles. The lowest BCUT2D eigenvalue weighted by Gasteiger charge is -2.23. The van der Waals surface area contributed by atoms with Gasteiger partial charge in [0.15, 0.2) is 5.13 Å². The number of nitrogens with zero attached hydrogens (tertiary/aromatic N) is 3. The Morgan fingerprint density at radius 1 is 1.00 bits per heavy atom. The van der Waals surface area contributed by atoms with E-state index in [4.69, 9.17) is 9.72 Å². The number of rotatable bonds is 9. The smallest absolute Gasteiger partial charge is 0.262 e. The summed E-state index contributed by atoms with van der Waals surface area (Å²) in [5.41, 5.74) is 3.57. The number of anilines is 2. The van der Waals surface area contributed by atoms with Gasteiger partial charge < -0.3 is 9.64 Å². The van der Waals surface area contributed by atoms with Crippen LogP contribution in [-0.4, -0.2) is 58.5 Å². The highest BCUT2D eigenvalue weighted by molar-refractivity contribution is 7.92. The van der Waals surface area contributed by atoms with E-state index >= 15 is 0 Å². The monoisotopic (exact) mass is 538 g/mol. The second kappa shape index (κ2) is 10.9. The van der Waals surface area contributed by atoms with E-state index in [0.29, 0.717) is 24.0 Å². The number of hydrogen-bond donors (Lipinski definition) is 1. The van der Waals surface area contributed by atoms with E-state index in [0.717, 1.165) is 21.3 Å². The molecule has 1 aromatic heterocycles. The van der Waals surface area contributed by atoms with Gasteiger partial charge in [0.1, 0.15) is 5.75 Å². The topological polar surface area (TPSA) is 91.8 Å². The maximum atomic E-state index is 13.9. The van der Waals surface area contributed by atoms with Crippen LogP contribution in [0.15, 0.2) is 65.6 Å². The summed E-state index contributed by atoms with van der Waals surface area (Å²) < 4.78 is 34.9. The highest BCUT2D eigenvalue weighted by atomic mass is 32.2. The fourth-order valence-corrected chi connectivity index (χ4v) is 5.88. The molecule has 0 fully saturated rings. The van der Waals surface area contributed by atoms with Crippen LogP contribution in [0, 0.1) is 13.8 Å². The lowest BCUT2D eigenvalue weighted by Crippen LogP contribution is -2.37. The molecule has 0 aliphatic heterocycles. The first-order valence-electron chi connectivity index (χ1n) is 11.7. The highest BCUT2D eigenvalue weighted by Crippen LogP contribution is 2.32. The predicted octanol–water partition coefficient (Wildman–Crippen LogP) is 4.93. The van der Waals surface area contributed by atoms with Gasteiger partial charge in [-0.1, -0.05) is 23.5 Å². The van der Waals surface area contributed by atoms with Crippen LogP contribution in [0.25, 0.3) is 10.2 Å². The summed E-state index contributed by atoms with van der Waals surface area (Å²) in [6, 6.07) is 16.8. The second-order valence-corrected chi connectivity index (χ2v) is 11.7. The van der Waals surface area contributed by atoms with Crippen LogP contribution in [0.1, 0.15) is 21.5 Å². The zero-order valence-corrected chi connectivity index (χ0v) is 23.1. The van der Waals surface area contributed by atoms with Gasteiger partial charge in [-0.15, -0.1) is 0 Å². The average molecular weight is 539 g/mol. The van der Waals surface area contributed by atoms with E-state index in [1.54, 1.807) is 41.3 Å². The molecule has 0 unspecified atom stereocenters. The number of fused-ring (bicyclic) bond motifs is 1. The number of aryl methyl sites for hydroxylation is 2. The molecule has 194 valence electrons. The van der Waals surface area contributed by atoms with Gasteiger partial charge in [-0.2, -0.15) is 0 Å². The maximum Gasteiger partial charge on any atom is 0.262 e. The number of methoxy groups -OCH3 is 1.